The van der Waals surface area contributed by atoms with Crippen LogP contribution in [0.4, 0.5) is 0 Å². The molecule has 5 aromatic rings. The predicted molar refractivity (Wildman–Crippen MR) is 145 cm³/mol. The van der Waals surface area contributed by atoms with Crippen LogP contribution in [0.3, 0.4) is 0 Å². The monoisotopic (exact) mass is 498 g/mol. The van der Waals surface area contributed by atoms with E-state index < -0.39 is 14.0 Å². The number of H-pyrrole nitrogens is 1. The third-order valence-electron chi connectivity index (χ3n) is 6.37. The largest absolute Gasteiger partial charge is 0.366 e. The molecule has 3 aromatic heterocycles. The van der Waals surface area contributed by atoms with Gasteiger partial charge in [0.1, 0.15) is 12.4 Å². The second-order valence-corrected chi connectivity index (χ2v) is 15.9. The molecular weight excluding hydrogens is 468 g/mol. The molecule has 5 rings (SSSR count). The van der Waals surface area contributed by atoms with Crippen molar-refractivity contribution < 1.29 is 9.53 Å². The Hall–Kier alpha value is -3.82. The highest BCUT2D eigenvalue weighted by Gasteiger charge is 2.19. The number of hydrogen-bond donors (Lipinski definition) is 2. The predicted octanol–water partition coefficient (Wildman–Crippen LogP) is 5.36. The molecule has 0 aliphatic rings. The average molecular weight is 499 g/mol. The fourth-order valence-corrected chi connectivity index (χ4v) is 5.04. The minimum absolute atomic E-state index is 0.359. The summed E-state index contributed by atoms with van der Waals surface area (Å²) in [7, 11) is -1.19. The second kappa shape index (κ2) is 9.33. The van der Waals surface area contributed by atoms with Gasteiger partial charge in [0.2, 0.25) is 0 Å². The van der Waals surface area contributed by atoms with Crippen molar-refractivity contribution in [1.29, 1.82) is 0 Å². The zero-order valence-electron chi connectivity index (χ0n) is 21.0. The molecule has 0 aliphatic carbocycles. The van der Waals surface area contributed by atoms with E-state index >= 15 is 0 Å². The first-order chi connectivity index (χ1) is 17.2. The number of fused-ring (bicyclic) bond motifs is 2. The second-order valence-electron chi connectivity index (χ2n) is 10.3. The number of amides is 1. The number of para-hydroxylation sites is 2. The first-order valence-corrected chi connectivity index (χ1v) is 15.7. The average Bonchev–Trinajstić information content (AvgIpc) is 3.42. The van der Waals surface area contributed by atoms with Crippen molar-refractivity contribution in [2.24, 2.45) is 5.73 Å². The number of carbonyl (C=O) groups excluding carboxylic acids is 1. The van der Waals surface area contributed by atoms with E-state index in [1.54, 1.807) is 6.20 Å². The summed E-state index contributed by atoms with van der Waals surface area (Å²) in [5.74, 6) is 0.203. The lowest BCUT2D eigenvalue weighted by Crippen LogP contribution is -2.22. The van der Waals surface area contributed by atoms with Crippen LogP contribution in [0, 0.1) is 6.92 Å². The van der Waals surface area contributed by atoms with E-state index in [1.807, 2.05) is 48.0 Å². The quantitative estimate of drug-likeness (QED) is 0.221. The number of nitrogens with zero attached hydrogens (tertiary/aromatic N) is 4. The van der Waals surface area contributed by atoms with E-state index in [-0.39, 0.29) is 0 Å². The highest BCUT2D eigenvalue weighted by Crippen LogP contribution is 2.33. The van der Waals surface area contributed by atoms with Crippen LogP contribution in [0.1, 0.15) is 15.9 Å². The Balaban J connectivity index is 1.61. The Labute approximate surface area is 210 Å². The van der Waals surface area contributed by atoms with Gasteiger partial charge in [0.15, 0.2) is 5.82 Å². The highest BCUT2D eigenvalue weighted by molar-refractivity contribution is 6.76. The van der Waals surface area contributed by atoms with E-state index in [2.05, 4.69) is 35.7 Å². The third kappa shape index (κ3) is 4.67. The van der Waals surface area contributed by atoms with Crippen LogP contribution < -0.4 is 5.73 Å². The van der Waals surface area contributed by atoms with Gasteiger partial charge >= 0.3 is 0 Å². The van der Waals surface area contributed by atoms with Crippen molar-refractivity contribution >= 4 is 35.9 Å². The number of primary amides is 1. The fraction of sp³-hybridized carbons (Fsp3) is 0.259. The number of aromatic amines is 1. The van der Waals surface area contributed by atoms with Gasteiger partial charge in [-0.05, 0) is 48.4 Å². The van der Waals surface area contributed by atoms with Crippen LogP contribution >= 0.6 is 0 Å². The van der Waals surface area contributed by atoms with Gasteiger partial charge < -0.3 is 15.5 Å². The van der Waals surface area contributed by atoms with Crippen LogP contribution in [0.5, 0.6) is 0 Å². The summed E-state index contributed by atoms with van der Waals surface area (Å²) < 4.78 is 7.92. The molecule has 2 aromatic carbocycles. The van der Waals surface area contributed by atoms with E-state index in [9.17, 15) is 4.79 Å². The van der Waals surface area contributed by atoms with Crippen molar-refractivity contribution in [2.45, 2.75) is 39.3 Å². The summed E-state index contributed by atoms with van der Waals surface area (Å²) >= 11 is 0. The topological polar surface area (TPSA) is 112 Å². The van der Waals surface area contributed by atoms with E-state index in [1.165, 1.54) is 6.20 Å². The smallest absolute Gasteiger partial charge is 0.250 e. The number of pyridine rings is 1. The lowest BCUT2D eigenvalue weighted by Gasteiger charge is -2.15. The number of ether oxygens (including phenoxy) is 1. The molecule has 0 saturated carbocycles. The van der Waals surface area contributed by atoms with Gasteiger partial charge in [0.25, 0.3) is 5.91 Å². The van der Waals surface area contributed by atoms with Crippen LogP contribution in [-0.4, -0.2) is 45.3 Å². The van der Waals surface area contributed by atoms with Crippen LogP contribution in [0.25, 0.3) is 44.6 Å². The Bertz CT molecular complexity index is 1550. The maximum Gasteiger partial charge on any atom is 0.250 e. The Morgan fingerprint density at radius 2 is 1.94 bits per heavy atom. The van der Waals surface area contributed by atoms with Crippen molar-refractivity contribution in [1.82, 2.24) is 24.7 Å². The minimum Gasteiger partial charge on any atom is -0.366 e. The molecule has 0 saturated heterocycles. The van der Waals surface area contributed by atoms with E-state index in [0.717, 1.165) is 50.4 Å². The maximum atomic E-state index is 11.9. The lowest BCUT2D eigenvalue weighted by molar-refractivity contribution is 0.0818. The Morgan fingerprint density at radius 3 is 2.69 bits per heavy atom. The third-order valence-corrected chi connectivity index (χ3v) is 8.07. The van der Waals surface area contributed by atoms with E-state index in [4.69, 9.17) is 20.6 Å². The summed E-state index contributed by atoms with van der Waals surface area (Å²) in [6, 6.07) is 15.1. The van der Waals surface area contributed by atoms with Gasteiger partial charge in [-0.2, -0.15) is 5.10 Å². The van der Waals surface area contributed by atoms with Crippen molar-refractivity contribution in [2.75, 3.05) is 6.61 Å². The zero-order chi connectivity index (χ0) is 25.4. The number of nitrogens with two attached hydrogens (primary N) is 1. The van der Waals surface area contributed by atoms with Gasteiger partial charge in [0, 0.05) is 38.0 Å². The highest BCUT2D eigenvalue weighted by atomic mass is 28.3. The molecular formula is C27H30N6O2Si. The van der Waals surface area contributed by atoms with Gasteiger partial charge in [-0.1, -0.05) is 37.8 Å². The number of rotatable bonds is 8. The molecule has 0 radical (unpaired) electrons. The summed E-state index contributed by atoms with van der Waals surface area (Å²) in [4.78, 5) is 24.3. The van der Waals surface area contributed by atoms with Gasteiger partial charge in [-0.3, -0.25) is 9.78 Å². The number of nitrogens with one attached hydrogen (secondary N) is 1. The molecule has 0 spiro atoms. The van der Waals surface area contributed by atoms with Crippen molar-refractivity contribution in [3.63, 3.8) is 0 Å². The van der Waals surface area contributed by atoms with Crippen LogP contribution in [0.15, 0.2) is 54.9 Å². The fourth-order valence-electron chi connectivity index (χ4n) is 4.28. The SMILES string of the molecule is Cc1c(C(N)=O)cncc1-c1ccc2c(c1)c(-c1nc3ccccc3[nH]1)nn2COCC[Si](C)(C)C. The van der Waals surface area contributed by atoms with Crippen LogP contribution in [-0.2, 0) is 11.5 Å². The molecule has 9 heteroatoms. The minimum atomic E-state index is -1.19. The number of hydrogen-bond acceptors (Lipinski definition) is 5. The molecule has 0 bridgehead atoms. The number of imidazole rings is 1. The van der Waals surface area contributed by atoms with Crippen LogP contribution in [0.2, 0.25) is 25.7 Å². The molecule has 0 fully saturated rings. The molecule has 1 amide bonds. The number of carbonyl (C=O) groups is 1. The van der Waals surface area contributed by atoms with Crippen molar-refractivity contribution in [3.8, 4) is 22.6 Å². The van der Waals surface area contributed by atoms with E-state index in [0.29, 0.717) is 24.7 Å². The maximum absolute atomic E-state index is 11.9. The summed E-state index contributed by atoms with van der Waals surface area (Å²) in [6.45, 7) is 9.97. The van der Waals surface area contributed by atoms with Gasteiger partial charge in [-0.25, -0.2) is 9.67 Å². The molecule has 3 N–H and O–H groups in total. The molecule has 36 heavy (non-hydrogen) atoms. The number of aromatic nitrogens is 5. The Kier molecular flexibility index (Phi) is 6.19. The summed E-state index contributed by atoms with van der Waals surface area (Å²) in [5, 5.41) is 5.85. The first kappa shape index (κ1) is 23.9. The zero-order valence-corrected chi connectivity index (χ0v) is 22.0. The molecule has 184 valence electrons. The molecule has 0 unspecified atom stereocenters. The molecule has 8 nitrogen and oxygen atoms in total. The summed E-state index contributed by atoms with van der Waals surface area (Å²) in [5.41, 5.74) is 12.1. The van der Waals surface area contributed by atoms with Gasteiger partial charge in [0.05, 0.1) is 22.1 Å². The first-order valence-electron chi connectivity index (χ1n) is 12.0. The standard InChI is InChI=1S/C27H30N6O2Si/c1-17-20(14-29-15-21(17)26(28)34)18-9-10-24-19(13-18)25(27-30-22-7-5-6-8-23(22)31-27)32-33(24)16-35-11-12-36(2,3)4/h5-10,13-15H,11-12,16H2,1-4H3,(H2,28,34)(H,30,31). The molecule has 0 aliphatic heterocycles. The van der Waals surface area contributed by atoms with Gasteiger partial charge in [-0.15, -0.1) is 0 Å². The Morgan fingerprint density at radius 1 is 1.14 bits per heavy atom. The van der Waals surface area contributed by atoms with Crippen molar-refractivity contribution in [3.05, 3.63) is 66.0 Å². The molecule has 3 heterocycles. The molecule has 0 atom stereocenters. The summed E-state index contributed by atoms with van der Waals surface area (Å²) in [6.07, 6.45) is 3.27. The number of benzene rings is 2. The normalized spacial score (nSPS) is 12.0. The lowest BCUT2D eigenvalue weighted by atomic mass is 9.97.